The molecular formula is C12H14BrNO. The Bertz CT molecular complexity index is 378. The summed E-state index contributed by atoms with van der Waals surface area (Å²) in [6.45, 7) is 2.94. The van der Waals surface area contributed by atoms with Crippen LogP contribution >= 0.6 is 15.9 Å². The first-order valence-electron chi connectivity index (χ1n) is 5.21. The van der Waals surface area contributed by atoms with Crippen LogP contribution in [0.2, 0.25) is 0 Å². The molecule has 1 fully saturated rings. The Hall–Kier alpha value is -0.830. The molecule has 1 aliphatic rings. The Morgan fingerprint density at radius 1 is 1.40 bits per heavy atom. The fourth-order valence-electron chi connectivity index (χ4n) is 2.05. The van der Waals surface area contributed by atoms with E-state index in [0.29, 0.717) is 24.7 Å². The fourth-order valence-corrected chi connectivity index (χ4v) is 2.56. The molecule has 0 spiro atoms. The van der Waals surface area contributed by atoms with Crippen LogP contribution in [0, 0.1) is 0 Å². The highest BCUT2D eigenvalue weighted by atomic mass is 79.9. The summed E-state index contributed by atoms with van der Waals surface area (Å²) in [5, 5.41) is 0. The van der Waals surface area contributed by atoms with Gasteiger partial charge in [-0.2, -0.15) is 0 Å². The van der Waals surface area contributed by atoms with Gasteiger partial charge in [-0.05, 0) is 35.0 Å². The minimum absolute atomic E-state index is 0.310. The molecule has 2 nitrogen and oxygen atoms in total. The first kappa shape index (κ1) is 10.7. The maximum Gasteiger partial charge on any atom is 0.136 e. The number of ketones is 1. The van der Waals surface area contributed by atoms with Crippen molar-refractivity contribution in [1.29, 1.82) is 0 Å². The number of rotatable bonds is 1. The number of carbonyl (C=O) groups is 1. The van der Waals surface area contributed by atoms with Crippen molar-refractivity contribution in [2.24, 2.45) is 0 Å². The third kappa shape index (κ3) is 2.23. The predicted octanol–water partition coefficient (Wildman–Crippen LogP) is 3.01. The lowest BCUT2D eigenvalue weighted by atomic mass is 10.0. The van der Waals surface area contributed by atoms with Gasteiger partial charge >= 0.3 is 0 Å². The van der Waals surface area contributed by atoms with Gasteiger partial charge in [0.2, 0.25) is 0 Å². The molecule has 0 aliphatic carbocycles. The van der Waals surface area contributed by atoms with Crippen molar-refractivity contribution in [2.45, 2.75) is 25.8 Å². The number of piperidine rings is 1. The molecule has 0 amide bonds. The second-order valence-corrected chi connectivity index (χ2v) is 4.84. The summed E-state index contributed by atoms with van der Waals surface area (Å²) in [5.41, 5.74) is 1.19. The highest BCUT2D eigenvalue weighted by Gasteiger charge is 2.24. The first-order chi connectivity index (χ1) is 7.18. The van der Waals surface area contributed by atoms with Gasteiger partial charge in [0.25, 0.3) is 0 Å². The van der Waals surface area contributed by atoms with Crippen molar-refractivity contribution < 1.29 is 4.79 Å². The Labute approximate surface area is 98.4 Å². The van der Waals surface area contributed by atoms with Crippen molar-refractivity contribution in [3.05, 3.63) is 28.7 Å². The molecule has 0 aromatic heterocycles. The van der Waals surface area contributed by atoms with Crippen LogP contribution in [0.1, 0.15) is 19.8 Å². The number of nitrogens with zero attached hydrogens (tertiary/aromatic N) is 1. The molecule has 1 saturated heterocycles. The highest BCUT2D eigenvalue weighted by molar-refractivity contribution is 9.10. The van der Waals surface area contributed by atoms with Crippen LogP contribution in [-0.4, -0.2) is 18.4 Å². The van der Waals surface area contributed by atoms with Gasteiger partial charge in [0.15, 0.2) is 0 Å². The van der Waals surface area contributed by atoms with E-state index in [2.05, 4.69) is 33.8 Å². The third-order valence-corrected chi connectivity index (χ3v) is 3.52. The smallest absolute Gasteiger partial charge is 0.136 e. The van der Waals surface area contributed by atoms with Crippen molar-refractivity contribution in [1.82, 2.24) is 0 Å². The Balaban J connectivity index is 2.24. The van der Waals surface area contributed by atoms with Crippen LogP contribution in [0.5, 0.6) is 0 Å². The van der Waals surface area contributed by atoms with Gasteiger partial charge in [-0.3, -0.25) is 4.79 Å². The van der Waals surface area contributed by atoms with Gasteiger partial charge in [0.1, 0.15) is 5.78 Å². The lowest BCUT2D eigenvalue weighted by molar-refractivity contribution is -0.120. The maximum absolute atomic E-state index is 11.3. The maximum atomic E-state index is 11.3. The second kappa shape index (κ2) is 4.35. The molecule has 1 aliphatic heterocycles. The monoisotopic (exact) mass is 267 g/mol. The molecule has 1 unspecified atom stereocenters. The number of carbonyl (C=O) groups excluding carboxylic acids is 1. The number of Topliss-reactive ketones (excluding diaryl/α,β-unsaturated/α-hetero) is 1. The molecule has 2 rings (SSSR count). The van der Waals surface area contributed by atoms with Gasteiger partial charge in [0, 0.05) is 29.9 Å². The van der Waals surface area contributed by atoms with E-state index in [1.165, 1.54) is 5.69 Å². The normalized spacial score (nSPS) is 21.9. The summed E-state index contributed by atoms with van der Waals surface area (Å²) in [4.78, 5) is 13.6. The zero-order chi connectivity index (χ0) is 10.8. The van der Waals surface area contributed by atoms with Crippen molar-refractivity contribution >= 4 is 27.4 Å². The number of hydrogen-bond donors (Lipinski definition) is 0. The summed E-state index contributed by atoms with van der Waals surface area (Å²) >= 11 is 3.55. The quantitative estimate of drug-likeness (QED) is 0.780. The fraction of sp³-hybridized carbons (Fsp3) is 0.417. The van der Waals surface area contributed by atoms with E-state index in [4.69, 9.17) is 0 Å². The standard InChI is InChI=1S/C12H14BrNO/c1-9-8-10(15)6-7-14(9)12-5-3-2-4-11(12)13/h2-5,9H,6-8H2,1H3. The molecule has 3 heteroatoms. The van der Waals surface area contributed by atoms with Crippen LogP contribution in [0.15, 0.2) is 28.7 Å². The highest BCUT2D eigenvalue weighted by Crippen LogP contribution is 2.30. The van der Waals surface area contributed by atoms with Crippen LogP contribution in [0.3, 0.4) is 0 Å². The van der Waals surface area contributed by atoms with Crippen LogP contribution < -0.4 is 4.90 Å². The molecule has 80 valence electrons. The molecule has 1 heterocycles. The Kier molecular flexibility index (Phi) is 3.10. The number of hydrogen-bond acceptors (Lipinski definition) is 2. The van der Waals surface area contributed by atoms with E-state index in [1.807, 2.05) is 18.2 Å². The topological polar surface area (TPSA) is 20.3 Å². The number of para-hydroxylation sites is 1. The third-order valence-electron chi connectivity index (χ3n) is 2.85. The van der Waals surface area contributed by atoms with Crippen LogP contribution in [0.4, 0.5) is 5.69 Å². The largest absolute Gasteiger partial charge is 0.367 e. The molecule has 0 bridgehead atoms. The molecule has 0 radical (unpaired) electrons. The van der Waals surface area contributed by atoms with E-state index in [0.717, 1.165) is 11.0 Å². The molecule has 0 N–H and O–H groups in total. The van der Waals surface area contributed by atoms with Crippen molar-refractivity contribution in [3.8, 4) is 0 Å². The molecule has 15 heavy (non-hydrogen) atoms. The summed E-state index contributed by atoms with van der Waals surface area (Å²) in [7, 11) is 0. The molecule has 1 aromatic carbocycles. The lowest BCUT2D eigenvalue weighted by Gasteiger charge is -2.35. The number of halogens is 1. The van der Waals surface area contributed by atoms with Crippen LogP contribution in [-0.2, 0) is 4.79 Å². The van der Waals surface area contributed by atoms with E-state index < -0.39 is 0 Å². The average Bonchev–Trinajstić information content (AvgIpc) is 2.20. The summed E-state index contributed by atoms with van der Waals surface area (Å²) in [5.74, 6) is 0.380. The minimum Gasteiger partial charge on any atom is -0.367 e. The molecular weight excluding hydrogens is 254 g/mol. The van der Waals surface area contributed by atoms with E-state index in [9.17, 15) is 4.79 Å². The summed E-state index contributed by atoms with van der Waals surface area (Å²) in [6, 6.07) is 8.48. The summed E-state index contributed by atoms with van der Waals surface area (Å²) in [6.07, 6.45) is 1.34. The van der Waals surface area contributed by atoms with E-state index in [-0.39, 0.29) is 0 Å². The lowest BCUT2D eigenvalue weighted by Crippen LogP contribution is -2.41. The Morgan fingerprint density at radius 2 is 2.13 bits per heavy atom. The van der Waals surface area contributed by atoms with Gasteiger partial charge in [0.05, 0.1) is 5.69 Å². The van der Waals surface area contributed by atoms with E-state index >= 15 is 0 Å². The van der Waals surface area contributed by atoms with Gasteiger partial charge in [-0.15, -0.1) is 0 Å². The van der Waals surface area contributed by atoms with Crippen LogP contribution in [0.25, 0.3) is 0 Å². The molecule has 0 saturated carbocycles. The van der Waals surface area contributed by atoms with Crippen molar-refractivity contribution in [2.75, 3.05) is 11.4 Å². The number of anilines is 1. The minimum atomic E-state index is 0.310. The zero-order valence-corrected chi connectivity index (χ0v) is 10.3. The zero-order valence-electron chi connectivity index (χ0n) is 8.74. The van der Waals surface area contributed by atoms with Gasteiger partial charge < -0.3 is 4.90 Å². The van der Waals surface area contributed by atoms with Crippen molar-refractivity contribution in [3.63, 3.8) is 0 Å². The second-order valence-electron chi connectivity index (χ2n) is 3.99. The van der Waals surface area contributed by atoms with Gasteiger partial charge in [-0.25, -0.2) is 0 Å². The SMILES string of the molecule is CC1CC(=O)CCN1c1ccccc1Br. The van der Waals surface area contributed by atoms with Gasteiger partial charge in [-0.1, -0.05) is 12.1 Å². The Morgan fingerprint density at radius 3 is 2.80 bits per heavy atom. The molecule has 1 atom stereocenters. The summed E-state index contributed by atoms with van der Waals surface area (Å²) < 4.78 is 1.10. The first-order valence-corrected chi connectivity index (χ1v) is 6.00. The molecule has 1 aromatic rings. The van der Waals surface area contributed by atoms with E-state index in [1.54, 1.807) is 0 Å². The predicted molar refractivity (Wildman–Crippen MR) is 65.2 cm³/mol. The number of benzene rings is 1. The average molecular weight is 268 g/mol.